The minimum atomic E-state index is -0.772. The molecule has 6 nitrogen and oxygen atoms in total. The summed E-state index contributed by atoms with van der Waals surface area (Å²) in [6.45, 7) is 14.9. The number of hydrogen-bond donors (Lipinski definition) is 0. The maximum absolute atomic E-state index is 13.2. The molecule has 2 saturated heterocycles. The number of ether oxygens (including phenoxy) is 3. The molecule has 2 rings (SSSR count). The Kier molecular flexibility index (Phi) is 6.13. The predicted octanol–water partition coefficient (Wildman–Crippen LogP) is 3.71. The third kappa shape index (κ3) is 3.41. The third-order valence-electron chi connectivity index (χ3n) is 7.23. The molecule has 2 aliphatic heterocycles. The lowest BCUT2D eigenvalue weighted by molar-refractivity contribution is -0.415. The first kappa shape index (κ1) is 21.6. The van der Waals surface area contributed by atoms with Gasteiger partial charge in [0.05, 0.1) is 29.7 Å². The summed E-state index contributed by atoms with van der Waals surface area (Å²) >= 11 is 0. The zero-order valence-electron chi connectivity index (χ0n) is 17.5. The molecule has 1 spiro atoms. The molecule has 1 radical (unpaired) electrons. The van der Waals surface area contributed by atoms with Crippen molar-refractivity contribution in [2.75, 3.05) is 19.8 Å². The standard InChI is InChI=1S/C20H36NO5/c1-8-17(6)11-20(15(4)18(7,9-2)21(17)23)25-13-19(10-3,14-26-20)12-24-16(5)22/h15H,8-14H2,1-7H3. The highest BCUT2D eigenvalue weighted by atomic mass is 16.7. The fourth-order valence-corrected chi connectivity index (χ4v) is 4.37. The van der Waals surface area contributed by atoms with Crippen LogP contribution < -0.4 is 0 Å². The van der Waals surface area contributed by atoms with E-state index in [4.69, 9.17) is 14.2 Å². The molecular formula is C20H36NO5. The van der Waals surface area contributed by atoms with Gasteiger partial charge in [-0.3, -0.25) is 4.79 Å². The Morgan fingerprint density at radius 2 is 1.69 bits per heavy atom. The van der Waals surface area contributed by atoms with Crippen LogP contribution in [0.3, 0.4) is 0 Å². The number of carbonyl (C=O) groups excluding carboxylic acids is 1. The van der Waals surface area contributed by atoms with Gasteiger partial charge in [0.15, 0.2) is 5.79 Å². The average Bonchev–Trinajstić information content (AvgIpc) is 2.64. The van der Waals surface area contributed by atoms with Crippen LogP contribution in [0.25, 0.3) is 0 Å². The quantitative estimate of drug-likeness (QED) is 0.690. The molecule has 0 N–H and O–H groups in total. The number of carbonyl (C=O) groups is 1. The summed E-state index contributed by atoms with van der Waals surface area (Å²) in [6, 6.07) is 0. The Morgan fingerprint density at radius 1 is 1.12 bits per heavy atom. The lowest BCUT2D eigenvalue weighted by atomic mass is 9.67. The molecule has 3 unspecified atom stereocenters. The number of nitrogens with zero attached hydrogens (tertiary/aromatic N) is 1. The highest BCUT2D eigenvalue weighted by Crippen LogP contribution is 2.53. The average molecular weight is 371 g/mol. The van der Waals surface area contributed by atoms with Gasteiger partial charge in [-0.25, -0.2) is 0 Å². The van der Waals surface area contributed by atoms with Gasteiger partial charge in [-0.05, 0) is 33.1 Å². The molecule has 0 aromatic carbocycles. The summed E-state index contributed by atoms with van der Waals surface area (Å²) in [5, 5.41) is 14.5. The van der Waals surface area contributed by atoms with Crippen LogP contribution in [-0.4, -0.2) is 47.7 Å². The van der Waals surface area contributed by atoms with E-state index in [0.717, 1.165) is 19.3 Å². The van der Waals surface area contributed by atoms with Crippen molar-refractivity contribution in [2.45, 2.75) is 91.0 Å². The normalized spacial score (nSPS) is 44.2. The predicted molar refractivity (Wildman–Crippen MR) is 97.7 cm³/mol. The molecule has 0 bridgehead atoms. The zero-order chi connectivity index (χ0) is 19.8. The second-order valence-corrected chi connectivity index (χ2v) is 8.78. The summed E-state index contributed by atoms with van der Waals surface area (Å²) in [5.74, 6) is -1.13. The van der Waals surface area contributed by atoms with E-state index in [1.807, 2.05) is 20.8 Å². The molecule has 2 aliphatic rings. The van der Waals surface area contributed by atoms with Gasteiger partial charge in [-0.2, -0.15) is 0 Å². The Labute approximate surface area is 158 Å². The van der Waals surface area contributed by atoms with Gasteiger partial charge < -0.3 is 14.2 Å². The van der Waals surface area contributed by atoms with Crippen LogP contribution in [0.5, 0.6) is 0 Å². The second kappa shape index (κ2) is 7.38. The fraction of sp³-hybridized carbons (Fsp3) is 0.950. The van der Waals surface area contributed by atoms with Gasteiger partial charge >= 0.3 is 5.97 Å². The monoisotopic (exact) mass is 370 g/mol. The molecule has 6 heteroatoms. The molecule has 3 atom stereocenters. The number of esters is 1. The topological polar surface area (TPSA) is 67.9 Å². The van der Waals surface area contributed by atoms with Crippen molar-refractivity contribution in [3.63, 3.8) is 0 Å². The summed E-state index contributed by atoms with van der Waals surface area (Å²) in [4.78, 5) is 11.2. The lowest BCUT2D eigenvalue weighted by Gasteiger charge is -2.62. The maximum Gasteiger partial charge on any atom is 0.302 e. The lowest BCUT2D eigenvalue weighted by Crippen LogP contribution is -2.73. The van der Waals surface area contributed by atoms with E-state index < -0.39 is 16.9 Å². The smallest absolute Gasteiger partial charge is 0.302 e. The van der Waals surface area contributed by atoms with Crippen molar-refractivity contribution in [2.24, 2.45) is 11.3 Å². The second-order valence-electron chi connectivity index (χ2n) is 8.78. The number of rotatable bonds is 5. The Hall–Kier alpha value is -0.690. The first-order valence-electron chi connectivity index (χ1n) is 9.92. The SMILES string of the molecule is CCC1(COC(C)=O)COC2(CC(C)(CC)N([O])C(C)(CC)C2C)OC1. The fourth-order valence-electron chi connectivity index (χ4n) is 4.37. The van der Waals surface area contributed by atoms with Gasteiger partial charge in [0.25, 0.3) is 0 Å². The van der Waals surface area contributed by atoms with Crippen LogP contribution in [0.1, 0.15) is 74.1 Å². The van der Waals surface area contributed by atoms with Gasteiger partial charge in [-0.15, -0.1) is 10.3 Å². The zero-order valence-corrected chi connectivity index (χ0v) is 17.5. The number of hydrogen-bond acceptors (Lipinski definition) is 5. The molecule has 0 saturated carbocycles. The molecular weight excluding hydrogens is 334 g/mol. The molecule has 0 aliphatic carbocycles. The Balaban J connectivity index is 2.28. The van der Waals surface area contributed by atoms with Crippen molar-refractivity contribution in [3.05, 3.63) is 0 Å². The molecule has 151 valence electrons. The van der Waals surface area contributed by atoms with E-state index >= 15 is 0 Å². The number of piperidine rings is 1. The highest BCUT2D eigenvalue weighted by molar-refractivity contribution is 5.65. The van der Waals surface area contributed by atoms with Crippen molar-refractivity contribution >= 4 is 5.97 Å². The van der Waals surface area contributed by atoms with E-state index in [1.165, 1.54) is 12.0 Å². The molecule has 2 fully saturated rings. The molecule has 26 heavy (non-hydrogen) atoms. The summed E-state index contributed by atoms with van der Waals surface area (Å²) in [6.07, 6.45) is 2.81. The first-order valence-corrected chi connectivity index (χ1v) is 9.92. The van der Waals surface area contributed by atoms with E-state index in [-0.39, 0.29) is 17.3 Å². The van der Waals surface area contributed by atoms with Gasteiger partial charge in [0.2, 0.25) is 0 Å². The molecule has 0 aromatic rings. The van der Waals surface area contributed by atoms with Crippen LogP contribution >= 0.6 is 0 Å². The maximum atomic E-state index is 13.2. The van der Waals surface area contributed by atoms with Crippen LogP contribution in [0.15, 0.2) is 0 Å². The minimum Gasteiger partial charge on any atom is -0.465 e. The van der Waals surface area contributed by atoms with E-state index in [2.05, 4.69) is 20.8 Å². The Morgan fingerprint density at radius 3 is 2.12 bits per heavy atom. The van der Waals surface area contributed by atoms with Crippen molar-refractivity contribution in [1.82, 2.24) is 5.06 Å². The van der Waals surface area contributed by atoms with E-state index in [1.54, 1.807) is 0 Å². The van der Waals surface area contributed by atoms with Crippen molar-refractivity contribution in [3.8, 4) is 0 Å². The van der Waals surface area contributed by atoms with Crippen LogP contribution in [0, 0.1) is 11.3 Å². The summed E-state index contributed by atoms with van der Waals surface area (Å²) < 4.78 is 18.1. The van der Waals surface area contributed by atoms with Crippen molar-refractivity contribution in [1.29, 1.82) is 0 Å². The molecule has 0 aromatic heterocycles. The van der Waals surface area contributed by atoms with Crippen molar-refractivity contribution < 1.29 is 24.2 Å². The van der Waals surface area contributed by atoms with Crippen LogP contribution in [0.2, 0.25) is 0 Å². The molecule has 0 amide bonds. The van der Waals surface area contributed by atoms with Crippen LogP contribution in [0.4, 0.5) is 0 Å². The van der Waals surface area contributed by atoms with Gasteiger partial charge in [0, 0.05) is 19.3 Å². The van der Waals surface area contributed by atoms with Gasteiger partial charge in [0.1, 0.15) is 6.61 Å². The minimum absolute atomic E-state index is 0.0688. The Bertz CT molecular complexity index is 516. The summed E-state index contributed by atoms with van der Waals surface area (Å²) in [7, 11) is 0. The van der Waals surface area contributed by atoms with E-state index in [9.17, 15) is 10.0 Å². The van der Waals surface area contributed by atoms with Gasteiger partial charge in [-0.1, -0.05) is 27.7 Å². The largest absolute Gasteiger partial charge is 0.465 e. The van der Waals surface area contributed by atoms with Crippen LogP contribution in [-0.2, 0) is 24.2 Å². The third-order valence-corrected chi connectivity index (χ3v) is 7.23. The summed E-state index contributed by atoms with van der Waals surface area (Å²) in [5.41, 5.74) is -1.40. The number of hydroxylamine groups is 2. The molecule has 2 heterocycles. The van der Waals surface area contributed by atoms with E-state index in [0.29, 0.717) is 26.2 Å². The first-order chi connectivity index (χ1) is 12.0. The highest BCUT2D eigenvalue weighted by Gasteiger charge is 2.63.